The predicted octanol–water partition coefficient (Wildman–Crippen LogP) is 16.8. The molecule has 2 atom stereocenters. The number of ether oxygens (including phenoxy) is 4. The van der Waals surface area contributed by atoms with Gasteiger partial charge in [-0.1, -0.05) is 86.3 Å². The second kappa shape index (κ2) is 37.9. The van der Waals surface area contributed by atoms with E-state index in [1.54, 1.807) is 54.9 Å². The number of allylic oxidation sites excluding steroid dienone is 2. The van der Waals surface area contributed by atoms with Gasteiger partial charge in [0, 0.05) is 171 Å². The summed E-state index contributed by atoms with van der Waals surface area (Å²) in [7, 11) is -10.5. The van der Waals surface area contributed by atoms with Crippen LogP contribution in [0.15, 0.2) is 179 Å². The molecule has 131 heavy (non-hydrogen) atoms. The van der Waals surface area contributed by atoms with E-state index in [-0.39, 0.29) is 87.0 Å². The molecule has 690 valence electrons. The van der Waals surface area contributed by atoms with Gasteiger partial charge in [0.25, 0.3) is 43.2 Å². The molecule has 2 aliphatic carbocycles. The molecule has 18 rings (SSSR count). The van der Waals surface area contributed by atoms with E-state index in [2.05, 4.69) is 113 Å². The van der Waals surface area contributed by atoms with Gasteiger partial charge in [0.05, 0.1) is 73.8 Å². The molecular formula is C96H108Cl2N14O16S3. The number of fused-ring (bicyclic) bond motifs is 4. The van der Waals surface area contributed by atoms with Crippen LogP contribution in [0.3, 0.4) is 0 Å². The number of carbonyl (C=O) groups is 2. The maximum Gasteiger partial charge on any atom is 0.277 e. The number of aromatic amines is 2. The van der Waals surface area contributed by atoms with E-state index < -0.39 is 67.2 Å². The molecule has 4 fully saturated rings. The number of benzene rings is 6. The number of nitrogens with zero attached hydrogens (tertiary/aromatic N) is 10. The summed E-state index contributed by atoms with van der Waals surface area (Å²) in [5.41, 5.74) is 11.3. The van der Waals surface area contributed by atoms with E-state index >= 15 is 0 Å². The number of likely N-dealkylation sites (tertiary alicyclic amines) is 1. The third kappa shape index (κ3) is 21.2. The number of nitro benzene ring substituents is 2. The number of halogens is 2. The molecule has 6 aliphatic heterocycles. The molecule has 35 heteroatoms. The van der Waals surface area contributed by atoms with Crippen LogP contribution in [0.2, 0.25) is 10.0 Å². The Morgan fingerprint density at radius 2 is 0.916 bits per heavy atom. The zero-order valence-electron chi connectivity index (χ0n) is 74.1. The first kappa shape index (κ1) is 91.9. The normalized spacial score (nSPS) is 19.8. The Balaban J connectivity index is 0.000000183. The number of aromatic nitrogens is 4. The first-order valence-electron chi connectivity index (χ1n) is 44.6. The zero-order valence-corrected chi connectivity index (χ0v) is 78.1. The number of carbonyl (C=O) groups excluding carboxylic acids is 2. The number of piperazine rings is 2. The Labute approximate surface area is 772 Å². The molecular weight excluding hydrogens is 1770 g/mol. The van der Waals surface area contributed by atoms with Gasteiger partial charge in [-0.05, 0) is 215 Å². The van der Waals surface area contributed by atoms with Crippen molar-refractivity contribution in [3.05, 3.63) is 233 Å². The van der Waals surface area contributed by atoms with Crippen LogP contribution in [-0.4, -0.2) is 204 Å². The summed E-state index contributed by atoms with van der Waals surface area (Å²) >= 11 is 12.5. The Bertz CT molecular complexity index is 6480. The SMILES string of the molecule is CC1(C)CCC(CN2CCN(c3ccc(C(=O)NS(=O)(=O)c4cc5c(c([N+](=O)[O-])c4)C[C@@H](C4CCN(S(C)(=O)=O)CC4)CO5)c(Oc4cnc5[nH]ccc5c4)c3)CC2)=C(c2ccc(Cl)cc2)C1.CN1CCC([C@H]2COc3cc(S(=O)(=O)NC(=O)c4ccc(N5CCN(CC6=C(c7ccc(Cl)cc7)CC(C)(C)CC6)CC5)cc4Oc4cnc5[nH]ccc5c4)cc([N+](=O)[O-])c3C2)CC1. The average molecular weight is 1880 g/mol. The lowest BCUT2D eigenvalue weighted by Gasteiger charge is -2.39. The van der Waals surface area contributed by atoms with Gasteiger partial charge in [0.1, 0.15) is 45.8 Å². The molecule has 0 bridgehead atoms. The van der Waals surface area contributed by atoms with E-state index in [1.807, 2.05) is 36.4 Å². The van der Waals surface area contributed by atoms with Crippen LogP contribution in [0.4, 0.5) is 22.7 Å². The first-order chi connectivity index (χ1) is 62.6. The van der Waals surface area contributed by atoms with Crippen LogP contribution >= 0.6 is 23.2 Å². The lowest BCUT2D eigenvalue weighted by Crippen LogP contribution is -2.47. The van der Waals surface area contributed by atoms with Crippen molar-refractivity contribution < 1.29 is 63.6 Å². The molecule has 6 aromatic carbocycles. The first-order valence-corrected chi connectivity index (χ1v) is 50.2. The summed E-state index contributed by atoms with van der Waals surface area (Å²) in [5.74, 6) is -0.470. The van der Waals surface area contributed by atoms with Gasteiger partial charge in [-0.15, -0.1) is 0 Å². The molecule has 4 aromatic heterocycles. The number of piperidine rings is 2. The third-order valence-electron chi connectivity index (χ3n) is 27.4. The monoisotopic (exact) mass is 1880 g/mol. The maximum absolute atomic E-state index is 14.1. The maximum atomic E-state index is 14.1. The van der Waals surface area contributed by atoms with Crippen molar-refractivity contribution in [1.82, 2.24) is 48.4 Å². The van der Waals surface area contributed by atoms with Gasteiger partial charge in [-0.3, -0.25) is 39.6 Å². The Hall–Kier alpha value is -11.0. The highest BCUT2D eigenvalue weighted by Crippen LogP contribution is 2.49. The van der Waals surface area contributed by atoms with E-state index in [9.17, 15) is 55.1 Å². The number of anilines is 2. The van der Waals surface area contributed by atoms with Crippen LogP contribution in [0, 0.1) is 54.7 Å². The van der Waals surface area contributed by atoms with Gasteiger partial charge in [-0.25, -0.2) is 49.0 Å². The Kier molecular flexibility index (Phi) is 26.6. The van der Waals surface area contributed by atoms with Gasteiger partial charge in [0.15, 0.2) is 0 Å². The predicted molar refractivity (Wildman–Crippen MR) is 505 cm³/mol. The highest BCUT2D eigenvalue weighted by atomic mass is 35.5. The second-order valence-corrected chi connectivity index (χ2v) is 43.8. The fraction of sp³-hybridized carbons (Fsp3) is 0.417. The van der Waals surface area contributed by atoms with Crippen LogP contribution in [0.25, 0.3) is 33.2 Å². The lowest BCUT2D eigenvalue weighted by atomic mass is 9.72. The van der Waals surface area contributed by atoms with Crippen molar-refractivity contribution in [2.75, 3.05) is 128 Å². The topological polar surface area (TPSA) is 361 Å². The van der Waals surface area contributed by atoms with Crippen molar-refractivity contribution >= 4 is 121 Å². The van der Waals surface area contributed by atoms with Gasteiger partial charge in [-0.2, -0.15) is 0 Å². The average Bonchev–Trinajstić information content (AvgIpc) is 1.27. The molecule has 8 aliphatic rings. The minimum atomic E-state index is -4.69. The lowest BCUT2D eigenvalue weighted by molar-refractivity contribution is -0.386. The van der Waals surface area contributed by atoms with E-state index in [0.29, 0.717) is 86.3 Å². The molecule has 0 radical (unpaired) electrons. The molecule has 0 unspecified atom stereocenters. The number of H-pyrrole nitrogens is 2. The minimum Gasteiger partial charge on any atom is -0.493 e. The van der Waals surface area contributed by atoms with Crippen LogP contribution in [0.5, 0.6) is 34.5 Å². The summed E-state index contributed by atoms with van der Waals surface area (Å²) < 4.78 is 110. The molecule has 2 amide bonds. The van der Waals surface area contributed by atoms with E-state index in [0.717, 1.165) is 161 Å². The van der Waals surface area contributed by atoms with Crippen molar-refractivity contribution in [2.45, 2.75) is 115 Å². The summed E-state index contributed by atoms with van der Waals surface area (Å²) in [6, 6.07) is 38.1. The summed E-state index contributed by atoms with van der Waals surface area (Å²) in [5, 5.41) is 27.9. The number of nitrogens with one attached hydrogen (secondary N) is 4. The number of hydrogen-bond acceptors (Lipinski definition) is 23. The Morgan fingerprint density at radius 3 is 1.31 bits per heavy atom. The quantitative estimate of drug-likeness (QED) is 0.0341. The summed E-state index contributed by atoms with van der Waals surface area (Å²) in [6.45, 7) is 20.3. The molecule has 10 heterocycles. The molecule has 10 aromatic rings. The fourth-order valence-electron chi connectivity index (χ4n) is 19.8. The number of sulfonamides is 3. The number of rotatable bonds is 23. The van der Waals surface area contributed by atoms with Crippen molar-refractivity contribution in [3.63, 3.8) is 0 Å². The standard InChI is InChI=1S/C48H54ClN7O9S2.C48H54ClN7O7S/c1-48(2)14-10-34(42(27-48)32-4-6-36(49)7-5-32)29-53-18-20-54(21-19-53)37-8-9-40(45(24-37)65-38-22-33-11-15-50-46(33)51-28-38)47(57)52-67(62,63)39-25-43(56(58)59)41-23-35(30-64-44(41)26-39)31-12-16-55(17-13-31)66(3,60)61;1-48(2)14-10-34(42(27-48)32-4-6-36(49)7-5-32)29-54-18-20-55(21-19-54)37-8-9-40(45(24-37)63-38-22-33-11-15-50-46(33)51-28-38)47(57)52-64(60,61)39-25-43(56(58)59)41-23-35(30-62-44(41)26-39)31-12-16-53(3)17-13-31/h4-9,11,15,22,24-26,28,31,35H,10,12-14,16-21,23,27,29-30H2,1-3H3,(H,50,51)(H,52,57);4-9,11,15,22,24-26,28,31,35H,10,12-14,16-21,23,27,29-30H2,1-3H3,(H,50,51)(H,52,57)/t2*35-/m11/s1. The third-order valence-corrected chi connectivity index (χ3v) is 31.8. The van der Waals surface area contributed by atoms with E-state index in [4.69, 9.17) is 42.1 Å². The van der Waals surface area contributed by atoms with E-state index in [1.165, 1.54) is 74.6 Å². The molecule has 0 spiro atoms. The summed E-state index contributed by atoms with van der Waals surface area (Å²) in [4.78, 5) is 77.5. The van der Waals surface area contributed by atoms with Crippen LogP contribution in [-0.2, 0) is 42.9 Å². The minimum absolute atomic E-state index is 0.0355. The van der Waals surface area contributed by atoms with Crippen LogP contribution < -0.4 is 38.2 Å². The van der Waals surface area contributed by atoms with Gasteiger partial charge >= 0.3 is 0 Å². The van der Waals surface area contributed by atoms with Gasteiger partial charge in [0.2, 0.25) is 10.0 Å². The largest absolute Gasteiger partial charge is 0.493 e. The second-order valence-electron chi connectivity index (χ2n) is 37.5. The van der Waals surface area contributed by atoms with Crippen molar-refractivity contribution in [1.29, 1.82) is 0 Å². The molecule has 0 saturated carbocycles. The number of nitro groups is 2. The number of pyridine rings is 2. The van der Waals surface area contributed by atoms with Crippen molar-refractivity contribution in [2.24, 2.45) is 34.5 Å². The highest BCUT2D eigenvalue weighted by molar-refractivity contribution is 7.90. The van der Waals surface area contributed by atoms with Gasteiger partial charge < -0.3 is 43.6 Å². The number of amides is 2. The van der Waals surface area contributed by atoms with Crippen LogP contribution in [0.1, 0.15) is 135 Å². The Morgan fingerprint density at radius 1 is 0.519 bits per heavy atom. The van der Waals surface area contributed by atoms with Crippen molar-refractivity contribution in [3.8, 4) is 34.5 Å². The number of hydrogen-bond donors (Lipinski definition) is 4. The summed E-state index contributed by atoms with van der Waals surface area (Å²) in [6.07, 6.45) is 17.9. The zero-order chi connectivity index (χ0) is 92.0. The molecule has 4 saturated heterocycles. The fourth-order valence-corrected chi connectivity index (χ4v) is 22.9. The highest BCUT2D eigenvalue weighted by Gasteiger charge is 2.41. The molecule has 4 N–H and O–H groups in total. The smallest absolute Gasteiger partial charge is 0.277 e. The molecule has 30 nitrogen and oxygen atoms in total.